The maximum atomic E-state index is 12.1. The van der Waals surface area contributed by atoms with Crippen LogP contribution in [-0.2, 0) is 37.5 Å². The minimum Gasteiger partial charge on any atom is -0.464 e. The van der Waals surface area contributed by atoms with E-state index in [0.717, 1.165) is 12.8 Å². The van der Waals surface area contributed by atoms with Crippen molar-refractivity contribution in [1.82, 2.24) is 0 Å². The van der Waals surface area contributed by atoms with Gasteiger partial charge in [-0.3, -0.25) is 0 Å². The maximum Gasteiger partial charge on any atom is 0.522 e. The summed E-state index contributed by atoms with van der Waals surface area (Å²) in [5, 5.41) is 8.60. The summed E-state index contributed by atoms with van der Waals surface area (Å²) in [5.74, 6) is -0.634. The molecule has 0 saturated heterocycles. The number of rotatable bonds is 8. The lowest BCUT2D eigenvalue weighted by Crippen LogP contribution is -2.47. The fraction of sp³-hybridized carbons (Fsp3) is 0.920. The molecule has 40 heavy (non-hydrogen) atoms. The number of halogens is 3. The smallest absolute Gasteiger partial charge is 0.464 e. The lowest BCUT2D eigenvalue weighted by Gasteiger charge is -2.38. The normalized spacial score (nSPS) is 18.3. The first-order valence-electron chi connectivity index (χ1n) is 13.3. The lowest BCUT2D eigenvalue weighted by molar-refractivity contribution is -0.155. The molecule has 2 fully saturated rings. The molecule has 0 aromatic heterocycles. The number of hydrogen-bond donors (Lipinski definition) is 1. The molecule has 0 spiro atoms. The van der Waals surface area contributed by atoms with Crippen molar-refractivity contribution < 1.29 is 54.1 Å². The Morgan fingerprint density at radius 2 is 1.15 bits per heavy atom. The Hall–Kier alpha value is -1.01. The molecule has 0 aromatic carbocycles. The molecule has 0 radical (unpaired) electrons. The van der Waals surface area contributed by atoms with Gasteiger partial charge in [0.15, 0.2) is 19.5 Å². The van der Waals surface area contributed by atoms with Crippen LogP contribution in [0.2, 0.25) is 36.3 Å². The van der Waals surface area contributed by atoms with E-state index in [9.17, 15) is 31.2 Å². The Labute approximate surface area is 239 Å². The highest BCUT2D eigenvalue weighted by atomic mass is 32.2. The van der Waals surface area contributed by atoms with E-state index >= 15 is 0 Å². The molecule has 0 aliphatic heterocycles. The number of hydrogen-bond acceptors (Lipinski definition) is 9. The summed E-state index contributed by atoms with van der Waals surface area (Å²) in [7, 11) is -10.3. The van der Waals surface area contributed by atoms with E-state index in [-0.39, 0.29) is 11.0 Å². The number of carbonyl (C=O) groups excluding carboxylic acids is 2. The summed E-state index contributed by atoms with van der Waals surface area (Å²) < 4.78 is 78.0. The van der Waals surface area contributed by atoms with Gasteiger partial charge in [-0.1, -0.05) is 41.5 Å². The van der Waals surface area contributed by atoms with Gasteiger partial charge in [0.05, 0.1) is 13.2 Å². The zero-order valence-corrected chi connectivity index (χ0v) is 28.8. The number of esters is 2. The van der Waals surface area contributed by atoms with E-state index in [0.29, 0.717) is 26.1 Å². The molecule has 0 bridgehead atoms. The topological polar surface area (TPSA) is 125 Å². The fourth-order valence-electron chi connectivity index (χ4n) is 2.40. The van der Waals surface area contributed by atoms with Gasteiger partial charge in [-0.25, -0.2) is 9.59 Å². The quantitative estimate of drug-likeness (QED) is 0.193. The van der Waals surface area contributed by atoms with E-state index in [2.05, 4.69) is 42.5 Å². The molecule has 0 heterocycles. The number of ether oxygens (including phenoxy) is 2. The van der Waals surface area contributed by atoms with Crippen LogP contribution in [0.15, 0.2) is 0 Å². The Morgan fingerprint density at radius 3 is 1.43 bits per heavy atom. The van der Waals surface area contributed by atoms with Gasteiger partial charge in [0.1, 0.15) is 0 Å². The summed E-state index contributed by atoms with van der Waals surface area (Å²) in [4.78, 5) is 22.5. The van der Waals surface area contributed by atoms with E-state index in [4.69, 9.17) is 14.3 Å². The van der Waals surface area contributed by atoms with Gasteiger partial charge in [0.2, 0.25) is 8.32 Å². The molecule has 1 N–H and O–H groups in total. The first kappa shape index (κ1) is 39.0. The monoisotopic (exact) mass is 638 g/mol. The molecule has 15 heteroatoms. The fourth-order valence-corrected chi connectivity index (χ4v) is 7.54. The molecule has 0 atom stereocenters. The second kappa shape index (κ2) is 13.1. The molecule has 238 valence electrons. The Bertz CT molecular complexity index is 975. The second-order valence-corrected chi connectivity index (χ2v) is 24.4. The van der Waals surface area contributed by atoms with E-state index < -0.39 is 54.5 Å². The Morgan fingerprint density at radius 1 is 0.775 bits per heavy atom. The van der Waals surface area contributed by atoms with Gasteiger partial charge in [-0.2, -0.15) is 21.6 Å². The average molecular weight is 639 g/mol. The average Bonchev–Trinajstić information content (AvgIpc) is 3.64. The molecule has 9 nitrogen and oxygen atoms in total. The second-order valence-electron chi connectivity index (χ2n) is 13.1. The van der Waals surface area contributed by atoms with Gasteiger partial charge in [-0.15, -0.1) is 0 Å². The SMILES string of the molecule is CC(C)(C)[Si](C)(C)OS(=O)(=O)C(F)(F)F.CCOC(=O)C1(O)CC1.CCOC(=O)C1(O[Si](C)(C)C(C)(C)C)CC1. The minimum atomic E-state index is -5.48. The molecule has 2 saturated carbocycles. The summed E-state index contributed by atoms with van der Waals surface area (Å²) in [6.07, 6.45) is 2.76. The summed E-state index contributed by atoms with van der Waals surface area (Å²) >= 11 is 0. The van der Waals surface area contributed by atoms with Crippen LogP contribution < -0.4 is 0 Å². The summed E-state index contributed by atoms with van der Waals surface area (Å²) in [5.41, 5.74) is -7.04. The first-order valence-corrected chi connectivity index (χ1v) is 20.6. The van der Waals surface area contributed by atoms with Crippen molar-refractivity contribution in [3.05, 3.63) is 0 Å². The van der Waals surface area contributed by atoms with Gasteiger partial charge >= 0.3 is 27.6 Å². The number of carbonyl (C=O) groups is 2. The standard InChI is InChI=1S/C12H24O3Si.C7H15F3O3SSi.C6H10O3/c1-7-14-10(13)12(8-9-12)15-16(5,6)11(2,3)4;1-6(2,3)15(4,5)13-14(11,12)7(8,9)10;1-2-9-5(7)6(8)3-4-6/h7-9H2,1-6H3;1-5H3;8H,2-4H2,1H3. The predicted octanol–water partition coefficient (Wildman–Crippen LogP) is 6.04. The highest BCUT2D eigenvalue weighted by Crippen LogP contribution is 2.48. The lowest BCUT2D eigenvalue weighted by atomic mass is 10.2. The third kappa shape index (κ3) is 11.0. The first-order chi connectivity index (χ1) is 17.5. The van der Waals surface area contributed by atoms with Crippen LogP contribution in [-0.4, -0.2) is 72.0 Å². The zero-order chi connectivity index (χ0) is 32.2. The van der Waals surface area contributed by atoms with Crippen LogP contribution in [0.1, 0.15) is 81.1 Å². The van der Waals surface area contributed by atoms with Crippen molar-refractivity contribution >= 4 is 38.7 Å². The van der Waals surface area contributed by atoms with E-state index in [1.165, 1.54) is 13.1 Å². The number of aliphatic hydroxyl groups is 1. The van der Waals surface area contributed by atoms with Crippen molar-refractivity contribution in [3.63, 3.8) is 0 Å². The van der Waals surface area contributed by atoms with Gasteiger partial charge in [0.25, 0.3) is 0 Å². The third-order valence-electron chi connectivity index (χ3n) is 7.39. The molecule has 0 aromatic rings. The van der Waals surface area contributed by atoms with Crippen LogP contribution in [0.4, 0.5) is 13.2 Å². The van der Waals surface area contributed by atoms with Gasteiger partial charge in [-0.05, 0) is 75.8 Å². The molecule has 2 aliphatic rings. The molecular weight excluding hydrogens is 589 g/mol. The van der Waals surface area contributed by atoms with Crippen LogP contribution in [0.25, 0.3) is 0 Å². The van der Waals surface area contributed by atoms with Gasteiger partial charge < -0.3 is 22.9 Å². The van der Waals surface area contributed by atoms with Crippen LogP contribution in [0.3, 0.4) is 0 Å². The Balaban J connectivity index is 0.000000592. The van der Waals surface area contributed by atoms with Crippen LogP contribution >= 0.6 is 0 Å². The maximum absolute atomic E-state index is 12.1. The predicted molar refractivity (Wildman–Crippen MR) is 151 cm³/mol. The third-order valence-corrected chi connectivity index (χ3v) is 18.6. The highest BCUT2D eigenvalue weighted by Gasteiger charge is 2.57. The molecule has 0 unspecified atom stereocenters. The van der Waals surface area contributed by atoms with Crippen LogP contribution in [0.5, 0.6) is 0 Å². The van der Waals surface area contributed by atoms with Gasteiger partial charge in [0, 0.05) is 0 Å². The van der Waals surface area contributed by atoms with E-state index in [1.807, 2.05) is 6.92 Å². The van der Waals surface area contributed by atoms with Crippen LogP contribution in [0, 0.1) is 0 Å². The highest BCUT2D eigenvalue weighted by molar-refractivity contribution is 7.88. The van der Waals surface area contributed by atoms with Crippen molar-refractivity contribution in [3.8, 4) is 0 Å². The molecule has 0 amide bonds. The molecular formula is C25H49F3O9SSi2. The Kier molecular flexibility index (Phi) is 12.8. The van der Waals surface area contributed by atoms with Crippen molar-refractivity contribution in [2.75, 3.05) is 13.2 Å². The summed E-state index contributed by atoms with van der Waals surface area (Å²) in [6.45, 7) is 23.1. The molecule has 2 aliphatic carbocycles. The minimum absolute atomic E-state index is 0.134. The largest absolute Gasteiger partial charge is 0.522 e. The van der Waals surface area contributed by atoms with E-state index in [1.54, 1.807) is 27.7 Å². The zero-order valence-electron chi connectivity index (χ0n) is 26.0. The molecule has 2 rings (SSSR count). The van der Waals surface area contributed by atoms with Crippen molar-refractivity contribution in [1.29, 1.82) is 0 Å². The van der Waals surface area contributed by atoms with Crippen molar-refractivity contribution in [2.24, 2.45) is 0 Å². The van der Waals surface area contributed by atoms with Crippen molar-refractivity contribution in [2.45, 2.75) is 134 Å². The summed E-state index contributed by atoms with van der Waals surface area (Å²) in [6, 6.07) is 0. The number of alkyl halides is 3.